The van der Waals surface area contributed by atoms with E-state index in [1.165, 1.54) is 23.9 Å². The third kappa shape index (κ3) is 4.94. The highest BCUT2D eigenvalue weighted by Gasteiger charge is 2.19. The Labute approximate surface area is 173 Å². The molecule has 146 valence electrons. The molecule has 0 fully saturated rings. The standard InChI is InChI=1S/C21H21ClFN3OS/c1-4-10-26-20(15(3)27-19-9-8-17(22)11-14(19)2)24-25-21(26)28-13-16-6-5-7-18(23)12-16/h4-9,11-12,15H,1,10,13H2,2-3H3. The van der Waals surface area contributed by atoms with Gasteiger partial charge in [0.15, 0.2) is 17.1 Å². The fraction of sp³-hybridized carbons (Fsp3) is 0.238. The van der Waals surface area contributed by atoms with Gasteiger partial charge < -0.3 is 4.74 Å². The van der Waals surface area contributed by atoms with Crippen molar-refractivity contribution in [2.75, 3.05) is 0 Å². The molecule has 3 rings (SSSR count). The predicted molar refractivity (Wildman–Crippen MR) is 111 cm³/mol. The maximum absolute atomic E-state index is 13.4. The monoisotopic (exact) mass is 417 g/mol. The summed E-state index contributed by atoms with van der Waals surface area (Å²) >= 11 is 7.52. The first kappa shape index (κ1) is 20.4. The van der Waals surface area contributed by atoms with E-state index >= 15 is 0 Å². The van der Waals surface area contributed by atoms with Gasteiger partial charge in [-0.1, -0.05) is 41.6 Å². The molecular weight excluding hydrogens is 397 g/mol. The molecule has 7 heteroatoms. The van der Waals surface area contributed by atoms with E-state index in [0.29, 0.717) is 23.1 Å². The van der Waals surface area contributed by atoms with Gasteiger partial charge in [0.1, 0.15) is 11.6 Å². The summed E-state index contributed by atoms with van der Waals surface area (Å²) in [6, 6.07) is 12.1. The van der Waals surface area contributed by atoms with Crippen molar-refractivity contribution < 1.29 is 9.13 Å². The number of aryl methyl sites for hydroxylation is 1. The Morgan fingerprint density at radius 2 is 2.11 bits per heavy atom. The molecule has 3 aromatic rings. The molecule has 1 aromatic heterocycles. The molecule has 0 bridgehead atoms. The second kappa shape index (κ2) is 9.26. The minimum absolute atomic E-state index is 0.244. The average Bonchev–Trinajstić information content (AvgIpc) is 3.05. The number of aromatic nitrogens is 3. The molecule has 0 amide bonds. The zero-order valence-corrected chi connectivity index (χ0v) is 17.3. The van der Waals surface area contributed by atoms with Crippen molar-refractivity contribution in [3.05, 3.63) is 82.9 Å². The zero-order valence-electron chi connectivity index (χ0n) is 15.7. The van der Waals surface area contributed by atoms with E-state index in [1.54, 1.807) is 18.2 Å². The summed E-state index contributed by atoms with van der Waals surface area (Å²) in [5.74, 6) is 1.81. The van der Waals surface area contributed by atoms with Crippen LogP contribution in [0.25, 0.3) is 0 Å². The van der Waals surface area contributed by atoms with Crippen molar-refractivity contribution in [2.45, 2.75) is 37.4 Å². The van der Waals surface area contributed by atoms with Gasteiger partial charge in [-0.2, -0.15) is 0 Å². The fourth-order valence-corrected chi connectivity index (χ4v) is 3.90. The summed E-state index contributed by atoms with van der Waals surface area (Å²) < 4.78 is 21.4. The van der Waals surface area contributed by atoms with Gasteiger partial charge in [0.05, 0.1) is 0 Å². The molecule has 1 heterocycles. The largest absolute Gasteiger partial charge is 0.482 e. The van der Waals surface area contributed by atoms with Crippen LogP contribution in [0.1, 0.15) is 30.0 Å². The highest BCUT2D eigenvalue weighted by atomic mass is 35.5. The van der Waals surface area contributed by atoms with Crippen LogP contribution in [0.2, 0.25) is 5.02 Å². The van der Waals surface area contributed by atoms with Gasteiger partial charge in [-0.25, -0.2) is 4.39 Å². The van der Waals surface area contributed by atoms with Gasteiger partial charge in [0, 0.05) is 17.3 Å². The van der Waals surface area contributed by atoms with Crippen molar-refractivity contribution in [1.82, 2.24) is 14.8 Å². The molecular formula is C21H21ClFN3OS. The Morgan fingerprint density at radius 1 is 1.29 bits per heavy atom. The normalized spacial score (nSPS) is 12.0. The van der Waals surface area contributed by atoms with Crippen LogP contribution in [0, 0.1) is 12.7 Å². The summed E-state index contributed by atoms with van der Waals surface area (Å²) in [5, 5.41) is 10.0. The van der Waals surface area contributed by atoms with E-state index < -0.39 is 0 Å². The van der Waals surface area contributed by atoms with Crippen LogP contribution in [0.4, 0.5) is 4.39 Å². The lowest BCUT2D eigenvalue weighted by atomic mass is 10.2. The van der Waals surface area contributed by atoms with Crippen LogP contribution in [0.15, 0.2) is 60.3 Å². The first-order chi connectivity index (χ1) is 13.5. The first-order valence-corrected chi connectivity index (χ1v) is 10.2. The van der Waals surface area contributed by atoms with Gasteiger partial charge in [0.2, 0.25) is 0 Å². The second-order valence-corrected chi connectivity index (χ2v) is 7.71. The molecule has 0 N–H and O–H groups in total. The number of hydrogen-bond acceptors (Lipinski definition) is 4. The minimum Gasteiger partial charge on any atom is -0.482 e. The van der Waals surface area contributed by atoms with Gasteiger partial charge >= 0.3 is 0 Å². The van der Waals surface area contributed by atoms with Crippen molar-refractivity contribution in [3.8, 4) is 5.75 Å². The predicted octanol–water partition coefficient (Wildman–Crippen LogP) is 6.00. The third-order valence-electron chi connectivity index (χ3n) is 4.12. The number of hydrogen-bond donors (Lipinski definition) is 0. The van der Waals surface area contributed by atoms with Crippen LogP contribution in [-0.4, -0.2) is 14.8 Å². The minimum atomic E-state index is -0.309. The fourth-order valence-electron chi connectivity index (χ4n) is 2.77. The van der Waals surface area contributed by atoms with Crippen molar-refractivity contribution in [2.24, 2.45) is 0 Å². The number of ether oxygens (including phenoxy) is 1. The van der Waals surface area contributed by atoms with E-state index in [2.05, 4.69) is 16.8 Å². The van der Waals surface area contributed by atoms with Crippen LogP contribution in [-0.2, 0) is 12.3 Å². The molecule has 0 saturated carbocycles. The molecule has 0 saturated heterocycles. The molecule has 2 aromatic carbocycles. The smallest absolute Gasteiger partial charge is 0.191 e. The highest BCUT2D eigenvalue weighted by molar-refractivity contribution is 7.98. The number of allylic oxidation sites excluding steroid dienone is 1. The summed E-state index contributed by atoms with van der Waals surface area (Å²) in [6.07, 6.45) is 1.48. The highest BCUT2D eigenvalue weighted by Crippen LogP contribution is 2.29. The van der Waals surface area contributed by atoms with E-state index in [4.69, 9.17) is 16.3 Å². The molecule has 28 heavy (non-hydrogen) atoms. The first-order valence-electron chi connectivity index (χ1n) is 8.82. The van der Waals surface area contributed by atoms with Crippen molar-refractivity contribution >= 4 is 23.4 Å². The lowest BCUT2D eigenvalue weighted by Crippen LogP contribution is -2.12. The second-order valence-electron chi connectivity index (χ2n) is 6.33. The van der Waals surface area contributed by atoms with Crippen LogP contribution in [0.3, 0.4) is 0 Å². The number of thioether (sulfide) groups is 1. The Kier molecular flexibility index (Phi) is 6.75. The van der Waals surface area contributed by atoms with E-state index in [9.17, 15) is 4.39 Å². The summed E-state index contributed by atoms with van der Waals surface area (Å²) in [6.45, 7) is 8.26. The topological polar surface area (TPSA) is 39.9 Å². The molecule has 0 aliphatic heterocycles. The van der Waals surface area contributed by atoms with E-state index in [-0.39, 0.29) is 11.9 Å². The Morgan fingerprint density at radius 3 is 2.82 bits per heavy atom. The molecule has 0 aliphatic rings. The lowest BCUT2D eigenvalue weighted by Gasteiger charge is -2.17. The molecule has 0 aliphatic carbocycles. The molecule has 4 nitrogen and oxygen atoms in total. The van der Waals surface area contributed by atoms with Gasteiger partial charge in [-0.15, -0.1) is 16.8 Å². The number of halogens is 2. The van der Waals surface area contributed by atoms with Gasteiger partial charge in [0.25, 0.3) is 0 Å². The van der Waals surface area contributed by atoms with Crippen LogP contribution in [0.5, 0.6) is 5.75 Å². The zero-order chi connectivity index (χ0) is 20.1. The molecule has 0 radical (unpaired) electrons. The van der Waals surface area contributed by atoms with Crippen molar-refractivity contribution in [3.63, 3.8) is 0 Å². The maximum atomic E-state index is 13.4. The SMILES string of the molecule is C=CCn1c(SCc2cccc(F)c2)nnc1C(C)Oc1ccc(Cl)cc1C. The Balaban J connectivity index is 1.78. The quantitative estimate of drug-likeness (QED) is 0.333. The van der Waals surface area contributed by atoms with Crippen molar-refractivity contribution in [1.29, 1.82) is 0 Å². The number of benzene rings is 2. The van der Waals surface area contributed by atoms with Gasteiger partial charge in [-0.05, 0) is 55.3 Å². The average molecular weight is 418 g/mol. The van der Waals surface area contributed by atoms with E-state index in [1.807, 2.05) is 36.6 Å². The summed E-state index contributed by atoms with van der Waals surface area (Å²) in [7, 11) is 0. The number of rotatable bonds is 8. The number of nitrogens with zero attached hydrogens (tertiary/aromatic N) is 3. The van der Waals surface area contributed by atoms with Crippen LogP contribution < -0.4 is 4.74 Å². The van der Waals surface area contributed by atoms with E-state index in [0.717, 1.165) is 22.0 Å². The molecule has 1 unspecified atom stereocenters. The Bertz CT molecular complexity index is 976. The van der Waals surface area contributed by atoms with Crippen LogP contribution >= 0.6 is 23.4 Å². The Hall–Kier alpha value is -2.31. The molecule has 0 spiro atoms. The molecule has 1 atom stereocenters. The summed E-state index contributed by atoms with van der Waals surface area (Å²) in [4.78, 5) is 0. The maximum Gasteiger partial charge on any atom is 0.191 e. The summed E-state index contributed by atoms with van der Waals surface area (Å²) in [5.41, 5.74) is 1.84. The third-order valence-corrected chi connectivity index (χ3v) is 5.39. The lowest BCUT2D eigenvalue weighted by molar-refractivity contribution is 0.209. The van der Waals surface area contributed by atoms with Gasteiger partial charge in [-0.3, -0.25) is 4.57 Å².